The minimum absolute atomic E-state index is 0.131. The fourth-order valence-corrected chi connectivity index (χ4v) is 1.41. The van der Waals surface area contributed by atoms with E-state index in [1.54, 1.807) is 24.3 Å². The minimum atomic E-state index is -0.496. The molecule has 0 aliphatic rings. The predicted molar refractivity (Wildman–Crippen MR) is 61.6 cm³/mol. The molecule has 0 aromatic heterocycles. The van der Waals surface area contributed by atoms with Gasteiger partial charge in [0.05, 0.1) is 0 Å². The molecular weight excluding hydrogens is 260 g/mol. The summed E-state index contributed by atoms with van der Waals surface area (Å²) in [5, 5.41) is 2.63. The monoisotopic (exact) mass is 270 g/mol. The zero-order valence-electron chi connectivity index (χ0n) is 8.16. The number of carbonyl (C=O) groups is 2. The van der Waals surface area contributed by atoms with Crippen LogP contribution in [0.15, 0.2) is 24.3 Å². The largest absolute Gasteiger partial charge is 0.368 e. The molecule has 4 nitrogen and oxygen atoms in total. The Labute approximate surface area is 96.0 Å². The van der Waals surface area contributed by atoms with Crippen LogP contribution in [0.3, 0.4) is 0 Å². The summed E-state index contributed by atoms with van der Waals surface area (Å²) < 4.78 is 0. The molecule has 80 valence electrons. The number of hydrogen-bond donors (Lipinski definition) is 2. The number of anilines is 1. The van der Waals surface area contributed by atoms with E-state index in [2.05, 4.69) is 21.2 Å². The third kappa shape index (κ3) is 3.36. The topological polar surface area (TPSA) is 72.2 Å². The standard InChI is InChI=1S/C10H11BrN2O2/c1-6(14)13-8-4-2-7(3-5-8)9(11)10(12)15/h2-5,9H,1H3,(H2,12,15)(H,13,14). The predicted octanol–water partition coefficient (Wildman–Crippen LogP) is 1.57. The molecule has 0 heterocycles. The number of alkyl halides is 1. The zero-order valence-corrected chi connectivity index (χ0v) is 9.74. The quantitative estimate of drug-likeness (QED) is 0.819. The van der Waals surface area contributed by atoms with Gasteiger partial charge in [0, 0.05) is 12.6 Å². The molecule has 2 amide bonds. The number of benzene rings is 1. The summed E-state index contributed by atoms with van der Waals surface area (Å²) in [6, 6.07) is 6.90. The molecule has 1 aromatic rings. The molecule has 1 rings (SSSR count). The van der Waals surface area contributed by atoms with E-state index in [4.69, 9.17) is 5.73 Å². The van der Waals surface area contributed by atoms with Gasteiger partial charge in [-0.1, -0.05) is 28.1 Å². The van der Waals surface area contributed by atoms with Gasteiger partial charge in [-0.15, -0.1) is 0 Å². The lowest BCUT2D eigenvalue weighted by molar-refractivity contribution is -0.117. The van der Waals surface area contributed by atoms with Gasteiger partial charge >= 0.3 is 0 Å². The number of carbonyl (C=O) groups excluding carboxylic acids is 2. The Bertz CT molecular complexity index is 376. The highest BCUT2D eigenvalue weighted by atomic mass is 79.9. The van der Waals surface area contributed by atoms with Crippen molar-refractivity contribution < 1.29 is 9.59 Å². The van der Waals surface area contributed by atoms with E-state index < -0.39 is 10.7 Å². The molecule has 0 aliphatic carbocycles. The highest BCUT2D eigenvalue weighted by Gasteiger charge is 2.12. The van der Waals surface area contributed by atoms with Gasteiger partial charge < -0.3 is 11.1 Å². The first-order chi connectivity index (χ1) is 7.00. The van der Waals surface area contributed by atoms with E-state index in [0.717, 1.165) is 5.56 Å². The van der Waals surface area contributed by atoms with Gasteiger partial charge in [-0.2, -0.15) is 0 Å². The van der Waals surface area contributed by atoms with Crippen LogP contribution in [-0.2, 0) is 9.59 Å². The summed E-state index contributed by atoms with van der Waals surface area (Å²) in [6.45, 7) is 1.44. The lowest BCUT2D eigenvalue weighted by atomic mass is 10.1. The Morgan fingerprint density at radius 1 is 1.33 bits per heavy atom. The lowest BCUT2D eigenvalue weighted by Crippen LogP contribution is -2.16. The van der Waals surface area contributed by atoms with E-state index in [-0.39, 0.29) is 5.91 Å². The van der Waals surface area contributed by atoms with Crippen molar-refractivity contribution >= 4 is 33.4 Å². The van der Waals surface area contributed by atoms with E-state index in [9.17, 15) is 9.59 Å². The molecule has 1 unspecified atom stereocenters. The summed E-state index contributed by atoms with van der Waals surface area (Å²) in [5.74, 6) is -0.574. The molecule has 0 saturated heterocycles. The van der Waals surface area contributed by atoms with Crippen molar-refractivity contribution in [1.29, 1.82) is 0 Å². The average molecular weight is 271 g/mol. The van der Waals surface area contributed by atoms with Crippen molar-refractivity contribution in [2.45, 2.75) is 11.8 Å². The van der Waals surface area contributed by atoms with Crippen LogP contribution in [0.5, 0.6) is 0 Å². The second-order valence-corrected chi connectivity index (χ2v) is 3.98. The third-order valence-corrected chi connectivity index (χ3v) is 2.75. The van der Waals surface area contributed by atoms with E-state index in [1.165, 1.54) is 6.92 Å². The Morgan fingerprint density at radius 2 is 1.87 bits per heavy atom. The van der Waals surface area contributed by atoms with Crippen molar-refractivity contribution in [3.63, 3.8) is 0 Å². The molecule has 1 atom stereocenters. The fourth-order valence-electron chi connectivity index (χ4n) is 1.10. The van der Waals surface area contributed by atoms with E-state index in [1.807, 2.05) is 0 Å². The normalized spacial score (nSPS) is 11.9. The summed E-state index contributed by atoms with van der Waals surface area (Å²) in [6.07, 6.45) is 0. The van der Waals surface area contributed by atoms with Crippen LogP contribution in [0, 0.1) is 0 Å². The van der Waals surface area contributed by atoms with Crippen molar-refractivity contribution in [3.8, 4) is 0 Å². The first-order valence-corrected chi connectivity index (χ1v) is 5.23. The summed E-state index contributed by atoms with van der Waals surface area (Å²) in [7, 11) is 0. The molecule has 3 N–H and O–H groups in total. The third-order valence-electron chi connectivity index (χ3n) is 1.77. The Hall–Kier alpha value is -1.36. The molecule has 0 radical (unpaired) electrons. The van der Waals surface area contributed by atoms with Crippen LogP contribution in [0.25, 0.3) is 0 Å². The Balaban J connectivity index is 2.80. The molecule has 0 aliphatic heterocycles. The van der Waals surface area contributed by atoms with E-state index in [0.29, 0.717) is 5.69 Å². The van der Waals surface area contributed by atoms with Gasteiger partial charge in [-0.25, -0.2) is 0 Å². The first-order valence-electron chi connectivity index (χ1n) is 4.31. The van der Waals surface area contributed by atoms with Crippen molar-refractivity contribution in [2.24, 2.45) is 5.73 Å². The molecule has 0 saturated carbocycles. The summed E-state index contributed by atoms with van der Waals surface area (Å²) >= 11 is 3.16. The molecule has 1 aromatic carbocycles. The number of nitrogens with one attached hydrogen (secondary N) is 1. The fraction of sp³-hybridized carbons (Fsp3) is 0.200. The van der Waals surface area contributed by atoms with E-state index >= 15 is 0 Å². The molecular formula is C10H11BrN2O2. The maximum atomic E-state index is 10.9. The Morgan fingerprint density at radius 3 is 2.27 bits per heavy atom. The van der Waals surface area contributed by atoms with Gasteiger partial charge in [0.25, 0.3) is 0 Å². The van der Waals surface area contributed by atoms with Crippen LogP contribution in [0.2, 0.25) is 0 Å². The van der Waals surface area contributed by atoms with Crippen molar-refractivity contribution in [1.82, 2.24) is 0 Å². The number of primary amides is 1. The number of hydrogen-bond acceptors (Lipinski definition) is 2. The highest BCUT2D eigenvalue weighted by molar-refractivity contribution is 9.09. The van der Waals surface area contributed by atoms with Gasteiger partial charge in [0.15, 0.2) is 0 Å². The van der Waals surface area contributed by atoms with Crippen molar-refractivity contribution in [2.75, 3.05) is 5.32 Å². The number of amides is 2. The van der Waals surface area contributed by atoms with Crippen LogP contribution in [-0.4, -0.2) is 11.8 Å². The molecule has 0 fully saturated rings. The van der Waals surface area contributed by atoms with Crippen molar-refractivity contribution in [3.05, 3.63) is 29.8 Å². The first kappa shape index (κ1) is 11.7. The number of rotatable bonds is 3. The minimum Gasteiger partial charge on any atom is -0.368 e. The molecule has 5 heteroatoms. The van der Waals surface area contributed by atoms with Crippen LogP contribution in [0.1, 0.15) is 17.3 Å². The van der Waals surface area contributed by atoms with Crippen LogP contribution in [0.4, 0.5) is 5.69 Å². The second kappa shape index (κ2) is 4.93. The van der Waals surface area contributed by atoms with Gasteiger partial charge in [-0.05, 0) is 17.7 Å². The summed E-state index contributed by atoms with van der Waals surface area (Å²) in [4.78, 5) is 21.1. The molecule has 0 bridgehead atoms. The maximum Gasteiger partial charge on any atom is 0.235 e. The van der Waals surface area contributed by atoms with Gasteiger partial charge in [-0.3, -0.25) is 9.59 Å². The van der Waals surface area contributed by atoms with Gasteiger partial charge in [0.2, 0.25) is 11.8 Å². The Kier molecular flexibility index (Phi) is 3.85. The van der Waals surface area contributed by atoms with Crippen LogP contribution < -0.4 is 11.1 Å². The smallest absolute Gasteiger partial charge is 0.235 e. The maximum absolute atomic E-state index is 10.9. The lowest BCUT2D eigenvalue weighted by Gasteiger charge is -2.07. The van der Waals surface area contributed by atoms with Crippen LogP contribution >= 0.6 is 15.9 Å². The average Bonchev–Trinajstić information content (AvgIpc) is 2.17. The second-order valence-electron chi connectivity index (χ2n) is 3.07. The summed E-state index contributed by atoms with van der Waals surface area (Å²) in [5.41, 5.74) is 6.58. The van der Waals surface area contributed by atoms with Gasteiger partial charge in [0.1, 0.15) is 4.83 Å². The SMILES string of the molecule is CC(=O)Nc1ccc(C(Br)C(N)=O)cc1. The highest BCUT2D eigenvalue weighted by Crippen LogP contribution is 2.23. The molecule has 15 heavy (non-hydrogen) atoms. The zero-order chi connectivity index (χ0) is 11.4. The number of nitrogens with two attached hydrogens (primary N) is 1. The molecule has 0 spiro atoms. The number of halogens is 1.